The smallest absolute Gasteiger partial charge is 0.410 e. The molecule has 1 aromatic carbocycles. The Morgan fingerprint density at radius 3 is 2.55 bits per heavy atom. The predicted molar refractivity (Wildman–Crippen MR) is 85.6 cm³/mol. The minimum atomic E-state index is -0.475. The highest BCUT2D eigenvalue weighted by atomic mass is 19.1. The molecule has 22 heavy (non-hydrogen) atoms. The van der Waals surface area contributed by atoms with Gasteiger partial charge >= 0.3 is 6.09 Å². The van der Waals surface area contributed by atoms with E-state index in [4.69, 9.17) is 4.74 Å². The topological polar surface area (TPSA) is 41.6 Å². The van der Waals surface area contributed by atoms with Crippen LogP contribution < -0.4 is 5.32 Å². The molecule has 0 aromatic heterocycles. The molecule has 0 spiro atoms. The summed E-state index contributed by atoms with van der Waals surface area (Å²) in [5.74, 6) is -0.197. The average molecular weight is 308 g/mol. The third-order valence-corrected chi connectivity index (χ3v) is 3.70. The third kappa shape index (κ3) is 4.36. The Morgan fingerprint density at radius 2 is 1.95 bits per heavy atom. The van der Waals surface area contributed by atoms with Crippen LogP contribution in [0.2, 0.25) is 0 Å². The van der Waals surface area contributed by atoms with Crippen molar-refractivity contribution in [3.05, 3.63) is 29.6 Å². The van der Waals surface area contributed by atoms with Gasteiger partial charge in [0.15, 0.2) is 0 Å². The van der Waals surface area contributed by atoms with E-state index in [2.05, 4.69) is 5.32 Å². The maximum atomic E-state index is 14.0. The van der Waals surface area contributed by atoms with Crippen LogP contribution in [0.15, 0.2) is 18.2 Å². The summed E-state index contributed by atoms with van der Waals surface area (Å²) < 4.78 is 19.4. The van der Waals surface area contributed by atoms with Crippen molar-refractivity contribution in [1.29, 1.82) is 0 Å². The van der Waals surface area contributed by atoms with Crippen molar-refractivity contribution in [3.63, 3.8) is 0 Å². The van der Waals surface area contributed by atoms with Gasteiger partial charge in [-0.25, -0.2) is 9.18 Å². The van der Waals surface area contributed by atoms with Crippen molar-refractivity contribution in [2.45, 2.75) is 52.2 Å². The Kier molecular flexibility index (Phi) is 4.94. The number of hydrogen-bond donors (Lipinski definition) is 1. The van der Waals surface area contributed by atoms with Gasteiger partial charge in [0.25, 0.3) is 0 Å². The monoisotopic (exact) mass is 308 g/mol. The molecule has 0 unspecified atom stereocenters. The maximum absolute atomic E-state index is 14.0. The number of anilines is 1. The lowest BCUT2D eigenvalue weighted by Gasteiger charge is -2.34. The molecule has 1 N–H and O–H groups in total. The van der Waals surface area contributed by atoms with Crippen LogP contribution in [0.5, 0.6) is 0 Å². The Morgan fingerprint density at radius 1 is 1.32 bits per heavy atom. The van der Waals surface area contributed by atoms with Gasteiger partial charge in [0.2, 0.25) is 0 Å². The molecular formula is C17H25FN2O2. The summed E-state index contributed by atoms with van der Waals surface area (Å²) in [4.78, 5) is 13.7. The number of rotatable bonds is 2. The van der Waals surface area contributed by atoms with E-state index in [9.17, 15) is 9.18 Å². The normalized spacial score (nSPS) is 16.5. The molecule has 0 saturated carbocycles. The van der Waals surface area contributed by atoms with Crippen LogP contribution in [0.25, 0.3) is 0 Å². The second kappa shape index (κ2) is 6.55. The van der Waals surface area contributed by atoms with Gasteiger partial charge in [-0.15, -0.1) is 0 Å². The van der Waals surface area contributed by atoms with Gasteiger partial charge in [-0.05, 0) is 52.2 Å². The molecule has 0 aliphatic carbocycles. The molecule has 4 nitrogen and oxygen atoms in total. The molecular weight excluding hydrogens is 283 g/mol. The van der Waals surface area contributed by atoms with E-state index in [0.717, 1.165) is 12.8 Å². The second-order valence-corrected chi connectivity index (χ2v) is 6.82. The second-order valence-electron chi connectivity index (χ2n) is 6.82. The Balaban J connectivity index is 1.87. The van der Waals surface area contributed by atoms with Crippen LogP contribution in [0.1, 0.15) is 39.2 Å². The van der Waals surface area contributed by atoms with Crippen molar-refractivity contribution in [2.75, 3.05) is 18.4 Å². The Labute approximate surface area is 131 Å². The van der Waals surface area contributed by atoms with Gasteiger partial charge in [-0.1, -0.05) is 12.1 Å². The molecule has 1 fully saturated rings. The molecule has 1 aromatic rings. The van der Waals surface area contributed by atoms with Gasteiger partial charge in [0.1, 0.15) is 11.4 Å². The first kappa shape index (κ1) is 16.6. The zero-order chi connectivity index (χ0) is 16.3. The maximum Gasteiger partial charge on any atom is 0.410 e. The summed E-state index contributed by atoms with van der Waals surface area (Å²) in [5, 5.41) is 3.24. The number of carbonyl (C=O) groups excluding carboxylic acids is 1. The number of piperidine rings is 1. The number of nitrogens with zero attached hydrogens (tertiary/aromatic N) is 1. The Bertz CT molecular complexity index is 532. The summed E-state index contributed by atoms with van der Waals surface area (Å²) in [6.07, 6.45) is 1.30. The number of benzene rings is 1. The first-order chi connectivity index (χ1) is 10.3. The minimum absolute atomic E-state index is 0.176. The summed E-state index contributed by atoms with van der Waals surface area (Å²) in [5.41, 5.74) is 0.698. The van der Waals surface area contributed by atoms with E-state index in [0.29, 0.717) is 24.3 Å². The number of hydrogen-bond acceptors (Lipinski definition) is 3. The molecule has 0 atom stereocenters. The predicted octanol–water partition coefficient (Wildman–Crippen LogP) is 3.95. The number of likely N-dealkylation sites (tertiary alicyclic amines) is 1. The molecule has 5 heteroatoms. The number of aryl methyl sites for hydroxylation is 1. The van der Waals surface area contributed by atoms with Crippen molar-refractivity contribution in [2.24, 2.45) is 0 Å². The SMILES string of the molecule is Cc1cccc(NC2CCN(C(=O)OC(C)(C)C)CC2)c1F. The van der Waals surface area contributed by atoms with E-state index in [1.807, 2.05) is 26.8 Å². The average Bonchev–Trinajstić information content (AvgIpc) is 2.43. The fraction of sp³-hybridized carbons (Fsp3) is 0.588. The highest BCUT2D eigenvalue weighted by Gasteiger charge is 2.27. The first-order valence-electron chi connectivity index (χ1n) is 7.76. The first-order valence-corrected chi connectivity index (χ1v) is 7.76. The highest BCUT2D eigenvalue weighted by Crippen LogP contribution is 2.22. The fourth-order valence-corrected chi connectivity index (χ4v) is 2.51. The molecule has 0 bridgehead atoms. The quantitative estimate of drug-likeness (QED) is 0.899. The summed E-state index contributed by atoms with van der Waals surface area (Å²) >= 11 is 0. The highest BCUT2D eigenvalue weighted by molar-refractivity contribution is 5.68. The van der Waals surface area contributed by atoms with Crippen molar-refractivity contribution >= 4 is 11.8 Å². The van der Waals surface area contributed by atoms with Gasteiger partial charge in [-0.2, -0.15) is 0 Å². The molecule has 0 radical (unpaired) electrons. The third-order valence-electron chi connectivity index (χ3n) is 3.70. The number of ether oxygens (including phenoxy) is 1. The molecule has 2 rings (SSSR count). The van der Waals surface area contributed by atoms with Crippen LogP contribution in [0.3, 0.4) is 0 Å². The fourth-order valence-electron chi connectivity index (χ4n) is 2.51. The number of carbonyl (C=O) groups is 1. The standard InChI is InChI=1S/C17H25FN2O2/c1-12-6-5-7-14(15(12)18)19-13-8-10-20(11-9-13)16(21)22-17(2,3)4/h5-7,13,19H,8-11H2,1-4H3. The van der Waals surface area contributed by atoms with Crippen LogP contribution >= 0.6 is 0 Å². The molecule has 122 valence electrons. The number of amides is 1. The van der Waals surface area contributed by atoms with E-state index in [1.54, 1.807) is 24.0 Å². The summed E-state index contributed by atoms with van der Waals surface area (Å²) in [6, 6.07) is 5.53. The van der Waals surface area contributed by atoms with E-state index in [1.165, 1.54) is 0 Å². The molecule has 1 aliphatic rings. The van der Waals surface area contributed by atoms with Crippen LogP contribution in [-0.2, 0) is 4.74 Å². The van der Waals surface area contributed by atoms with Crippen molar-refractivity contribution in [3.8, 4) is 0 Å². The van der Waals surface area contributed by atoms with Crippen LogP contribution in [0.4, 0.5) is 14.9 Å². The lowest BCUT2D eigenvalue weighted by Crippen LogP contribution is -2.44. The molecule has 1 aliphatic heterocycles. The zero-order valence-electron chi connectivity index (χ0n) is 13.8. The number of halogens is 1. The van der Waals surface area contributed by atoms with Crippen LogP contribution in [0, 0.1) is 12.7 Å². The largest absolute Gasteiger partial charge is 0.444 e. The Hall–Kier alpha value is -1.78. The van der Waals surface area contributed by atoms with Crippen LogP contribution in [-0.4, -0.2) is 35.7 Å². The zero-order valence-corrected chi connectivity index (χ0v) is 13.8. The molecule has 1 saturated heterocycles. The van der Waals surface area contributed by atoms with E-state index in [-0.39, 0.29) is 18.0 Å². The summed E-state index contributed by atoms with van der Waals surface area (Å²) in [6.45, 7) is 8.59. The van der Waals surface area contributed by atoms with Gasteiger partial charge in [-0.3, -0.25) is 0 Å². The van der Waals surface area contributed by atoms with Gasteiger partial charge < -0.3 is 15.0 Å². The van der Waals surface area contributed by atoms with Crippen molar-refractivity contribution < 1.29 is 13.9 Å². The van der Waals surface area contributed by atoms with Gasteiger partial charge in [0.05, 0.1) is 5.69 Å². The molecule has 1 heterocycles. The lowest BCUT2D eigenvalue weighted by atomic mass is 10.0. The lowest BCUT2D eigenvalue weighted by molar-refractivity contribution is 0.0210. The van der Waals surface area contributed by atoms with Crippen molar-refractivity contribution in [1.82, 2.24) is 4.90 Å². The molecule has 1 amide bonds. The van der Waals surface area contributed by atoms with E-state index >= 15 is 0 Å². The van der Waals surface area contributed by atoms with E-state index < -0.39 is 5.60 Å². The van der Waals surface area contributed by atoms with Gasteiger partial charge in [0, 0.05) is 19.1 Å². The summed E-state index contributed by atoms with van der Waals surface area (Å²) in [7, 11) is 0. The minimum Gasteiger partial charge on any atom is -0.444 e. The number of nitrogens with one attached hydrogen (secondary N) is 1.